The second-order valence-corrected chi connectivity index (χ2v) is 6.24. The van der Waals surface area contributed by atoms with Gasteiger partial charge in [0.25, 0.3) is 5.91 Å². The van der Waals surface area contributed by atoms with Crippen LogP contribution in [0.2, 0.25) is 0 Å². The first kappa shape index (κ1) is 20.3. The maximum absolute atomic E-state index is 12.5. The van der Waals surface area contributed by atoms with Crippen LogP contribution in [0.1, 0.15) is 24.3 Å². The lowest BCUT2D eigenvalue weighted by molar-refractivity contribution is -0.0498. The highest BCUT2D eigenvalue weighted by Crippen LogP contribution is 2.23. The Morgan fingerprint density at radius 3 is 2.34 bits per heavy atom. The number of hydrogen-bond donors (Lipinski definition) is 2. The Morgan fingerprint density at radius 2 is 1.76 bits per heavy atom. The van der Waals surface area contributed by atoms with Crippen molar-refractivity contribution in [2.45, 2.75) is 20.5 Å². The van der Waals surface area contributed by atoms with Crippen molar-refractivity contribution >= 4 is 17.3 Å². The number of H-pyrrole nitrogens is 1. The fraction of sp³-hybridized carbons (Fsp3) is 0.238. The number of benzene rings is 2. The Balaban J connectivity index is 1.66. The van der Waals surface area contributed by atoms with Crippen LogP contribution in [0.3, 0.4) is 0 Å². The monoisotopic (exact) mass is 400 g/mol. The van der Waals surface area contributed by atoms with Crippen LogP contribution >= 0.6 is 0 Å². The number of anilines is 2. The minimum absolute atomic E-state index is 0.0606. The Morgan fingerprint density at radius 1 is 1.10 bits per heavy atom. The molecule has 0 radical (unpaired) electrons. The maximum Gasteiger partial charge on any atom is 0.387 e. The van der Waals surface area contributed by atoms with Crippen LogP contribution in [0.5, 0.6) is 5.75 Å². The molecule has 152 valence electrons. The Hall–Kier alpha value is -3.42. The molecular formula is C21H22F2N4O2. The zero-order valence-electron chi connectivity index (χ0n) is 16.2. The van der Waals surface area contributed by atoms with Gasteiger partial charge in [-0.25, -0.2) is 0 Å². The van der Waals surface area contributed by atoms with Gasteiger partial charge < -0.3 is 15.0 Å². The van der Waals surface area contributed by atoms with Crippen molar-refractivity contribution in [1.82, 2.24) is 10.2 Å². The molecule has 3 rings (SSSR count). The smallest absolute Gasteiger partial charge is 0.387 e. The molecule has 0 unspecified atom stereocenters. The standard InChI is InChI=1S/C21H22F2N4O2/c1-3-27(4-2)16-9-7-15(8-10-16)24-20(28)19-13-18(25-26-19)14-5-11-17(12-6-14)29-21(22)23/h5-13,21H,3-4H2,1-2H3,(H,24,28)(H,25,26). The topological polar surface area (TPSA) is 70.2 Å². The van der Waals surface area contributed by atoms with Gasteiger partial charge in [-0.1, -0.05) is 0 Å². The molecule has 0 bridgehead atoms. The maximum atomic E-state index is 12.5. The van der Waals surface area contributed by atoms with Gasteiger partial charge >= 0.3 is 6.61 Å². The summed E-state index contributed by atoms with van der Waals surface area (Å²) < 4.78 is 28.8. The lowest BCUT2D eigenvalue weighted by Gasteiger charge is -2.21. The predicted octanol–water partition coefficient (Wildman–Crippen LogP) is 4.78. The van der Waals surface area contributed by atoms with Crippen molar-refractivity contribution in [1.29, 1.82) is 0 Å². The molecule has 0 fully saturated rings. The number of rotatable bonds is 8. The highest BCUT2D eigenvalue weighted by Gasteiger charge is 2.12. The first-order valence-corrected chi connectivity index (χ1v) is 9.27. The number of aromatic nitrogens is 2. The molecule has 1 aromatic heterocycles. The summed E-state index contributed by atoms with van der Waals surface area (Å²) >= 11 is 0. The number of alkyl halides is 2. The number of halogens is 2. The quantitative estimate of drug-likeness (QED) is 0.571. The molecule has 29 heavy (non-hydrogen) atoms. The van der Waals surface area contributed by atoms with E-state index in [4.69, 9.17) is 0 Å². The van der Waals surface area contributed by atoms with Crippen molar-refractivity contribution in [3.05, 3.63) is 60.3 Å². The van der Waals surface area contributed by atoms with Crippen LogP contribution in [-0.2, 0) is 0 Å². The van der Waals surface area contributed by atoms with Crippen LogP contribution in [0.25, 0.3) is 11.3 Å². The number of ether oxygens (including phenoxy) is 1. The normalized spacial score (nSPS) is 10.8. The van der Waals surface area contributed by atoms with Gasteiger partial charge in [-0.05, 0) is 68.4 Å². The molecule has 0 atom stereocenters. The highest BCUT2D eigenvalue weighted by atomic mass is 19.3. The fourth-order valence-corrected chi connectivity index (χ4v) is 2.94. The van der Waals surface area contributed by atoms with Gasteiger partial charge in [-0.15, -0.1) is 0 Å². The van der Waals surface area contributed by atoms with Gasteiger partial charge in [0.05, 0.1) is 5.69 Å². The molecule has 2 aromatic carbocycles. The Labute approximate surface area is 167 Å². The largest absolute Gasteiger partial charge is 0.435 e. The average Bonchev–Trinajstić information content (AvgIpc) is 3.21. The van der Waals surface area contributed by atoms with Crippen molar-refractivity contribution in [2.75, 3.05) is 23.3 Å². The number of amides is 1. The molecule has 1 heterocycles. The average molecular weight is 400 g/mol. The first-order valence-electron chi connectivity index (χ1n) is 9.27. The third-order valence-electron chi connectivity index (χ3n) is 4.45. The molecule has 3 aromatic rings. The van der Waals surface area contributed by atoms with Crippen molar-refractivity contribution < 1.29 is 18.3 Å². The second-order valence-electron chi connectivity index (χ2n) is 6.24. The first-order chi connectivity index (χ1) is 14.0. The van der Waals surface area contributed by atoms with Crippen LogP contribution < -0.4 is 15.0 Å². The molecule has 0 saturated carbocycles. The molecule has 6 nitrogen and oxygen atoms in total. The van der Waals surface area contributed by atoms with E-state index in [0.29, 0.717) is 22.6 Å². The molecule has 0 aliphatic rings. The van der Waals surface area contributed by atoms with Gasteiger partial charge in [-0.2, -0.15) is 13.9 Å². The molecule has 8 heteroatoms. The van der Waals surface area contributed by atoms with Crippen LogP contribution in [0.15, 0.2) is 54.6 Å². The number of carbonyl (C=O) groups is 1. The molecular weight excluding hydrogens is 378 g/mol. The Bertz CT molecular complexity index is 936. The number of carbonyl (C=O) groups excluding carboxylic acids is 1. The minimum Gasteiger partial charge on any atom is -0.435 e. The SMILES string of the molecule is CCN(CC)c1ccc(NC(=O)c2cc(-c3ccc(OC(F)F)cc3)n[nH]2)cc1. The zero-order valence-corrected chi connectivity index (χ0v) is 16.2. The molecule has 0 spiro atoms. The summed E-state index contributed by atoms with van der Waals surface area (Å²) in [4.78, 5) is 14.7. The van der Waals surface area contributed by atoms with E-state index >= 15 is 0 Å². The second kappa shape index (κ2) is 9.18. The van der Waals surface area contributed by atoms with Gasteiger partial charge in [-0.3, -0.25) is 9.89 Å². The summed E-state index contributed by atoms with van der Waals surface area (Å²) in [5.74, 6) is -0.262. The van der Waals surface area contributed by atoms with Crippen molar-refractivity contribution in [3.8, 4) is 17.0 Å². The van der Waals surface area contributed by atoms with Gasteiger partial charge in [0.15, 0.2) is 0 Å². The molecule has 0 saturated heterocycles. The minimum atomic E-state index is -2.87. The molecule has 2 N–H and O–H groups in total. The third kappa shape index (κ3) is 5.10. The van der Waals surface area contributed by atoms with Crippen LogP contribution in [0, 0.1) is 0 Å². The number of aromatic amines is 1. The van der Waals surface area contributed by atoms with E-state index in [9.17, 15) is 13.6 Å². The van der Waals surface area contributed by atoms with E-state index in [1.807, 2.05) is 24.3 Å². The lowest BCUT2D eigenvalue weighted by Crippen LogP contribution is -2.21. The van der Waals surface area contributed by atoms with Crippen molar-refractivity contribution in [3.63, 3.8) is 0 Å². The summed E-state index contributed by atoms with van der Waals surface area (Å²) in [6.07, 6.45) is 0. The van der Waals surface area contributed by atoms with Crippen LogP contribution in [-0.4, -0.2) is 35.8 Å². The van der Waals surface area contributed by atoms with Crippen molar-refractivity contribution in [2.24, 2.45) is 0 Å². The number of hydrogen-bond acceptors (Lipinski definition) is 4. The summed E-state index contributed by atoms with van der Waals surface area (Å²) in [6, 6.07) is 15.3. The van der Waals surface area contributed by atoms with E-state index in [2.05, 4.69) is 39.0 Å². The van der Waals surface area contributed by atoms with E-state index in [1.165, 1.54) is 12.1 Å². The predicted molar refractivity (Wildman–Crippen MR) is 109 cm³/mol. The number of nitrogens with one attached hydrogen (secondary N) is 2. The van der Waals surface area contributed by atoms with E-state index in [0.717, 1.165) is 18.8 Å². The highest BCUT2D eigenvalue weighted by molar-refractivity contribution is 6.03. The van der Waals surface area contributed by atoms with E-state index in [1.54, 1.807) is 18.2 Å². The fourth-order valence-electron chi connectivity index (χ4n) is 2.94. The molecule has 0 aliphatic carbocycles. The zero-order chi connectivity index (χ0) is 20.8. The third-order valence-corrected chi connectivity index (χ3v) is 4.45. The van der Waals surface area contributed by atoms with Gasteiger partial charge in [0.1, 0.15) is 11.4 Å². The summed E-state index contributed by atoms with van der Waals surface area (Å²) in [7, 11) is 0. The van der Waals surface area contributed by atoms with Gasteiger partial charge in [0.2, 0.25) is 0 Å². The molecule has 1 amide bonds. The summed E-state index contributed by atoms with van der Waals surface area (Å²) in [5, 5.41) is 9.64. The van der Waals surface area contributed by atoms with Gasteiger partial charge in [0, 0.05) is 30.0 Å². The summed E-state index contributed by atoms with van der Waals surface area (Å²) in [5.41, 5.74) is 3.26. The molecule has 0 aliphatic heterocycles. The van der Waals surface area contributed by atoms with E-state index in [-0.39, 0.29) is 11.7 Å². The van der Waals surface area contributed by atoms with Crippen LogP contribution in [0.4, 0.5) is 20.2 Å². The number of nitrogens with zero attached hydrogens (tertiary/aromatic N) is 2. The Kier molecular flexibility index (Phi) is 6.43. The lowest BCUT2D eigenvalue weighted by atomic mass is 10.1. The summed E-state index contributed by atoms with van der Waals surface area (Å²) in [6.45, 7) is 3.13. The van der Waals surface area contributed by atoms with E-state index < -0.39 is 6.61 Å².